The smallest absolute Gasteiger partial charge is 0.229 e. The third-order valence-corrected chi connectivity index (χ3v) is 4.74. The standard InChI is InChI=1S/C20H20N2O3S/c1-22-18(12-13-19(22)20(23)16-6-4-3-5-7-16)14-15-8-10-17(11-9-15)21-26(2,24)25/h3-13,21H,14H2,1-2H3. The number of sulfonamides is 1. The number of ketones is 1. The van der Waals surface area contributed by atoms with Crippen LogP contribution in [0.4, 0.5) is 5.69 Å². The second-order valence-corrected chi connectivity index (χ2v) is 7.96. The van der Waals surface area contributed by atoms with Crippen LogP contribution >= 0.6 is 0 Å². The predicted molar refractivity (Wildman–Crippen MR) is 103 cm³/mol. The van der Waals surface area contributed by atoms with E-state index in [1.165, 1.54) is 0 Å². The quantitative estimate of drug-likeness (QED) is 0.679. The van der Waals surface area contributed by atoms with Crippen molar-refractivity contribution in [1.82, 2.24) is 4.57 Å². The molecule has 0 amide bonds. The Morgan fingerprint density at radius 3 is 2.23 bits per heavy atom. The zero-order chi connectivity index (χ0) is 18.7. The lowest BCUT2D eigenvalue weighted by molar-refractivity contribution is 0.103. The summed E-state index contributed by atoms with van der Waals surface area (Å²) in [7, 11) is -1.40. The van der Waals surface area contributed by atoms with Gasteiger partial charge in [-0.1, -0.05) is 42.5 Å². The molecule has 0 spiro atoms. The summed E-state index contributed by atoms with van der Waals surface area (Å²) in [6.07, 6.45) is 1.77. The van der Waals surface area contributed by atoms with E-state index < -0.39 is 10.0 Å². The highest BCUT2D eigenvalue weighted by atomic mass is 32.2. The maximum atomic E-state index is 12.6. The normalized spacial score (nSPS) is 11.3. The first-order chi connectivity index (χ1) is 12.3. The molecule has 0 atom stereocenters. The van der Waals surface area contributed by atoms with E-state index in [1.807, 2.05) is 66.2 Å². The van der Waals surface area contributed by atoms with Crippen LogP contribution in [0, 0.1) is 0 Å². The molecule has 1 heterocycles. The van der Waals surface area contributed by atoms with E-state index in [9.17, 15) is 13.2 Å². The van der Waals surface area contributed by atoms with Crippen LogP contribution < -0.4 is 4.72 Å². The number of carbonyl (C=O) groups is 1. The molecule has 0 bridgehead atoms. The van der Waals surface area contributed by atoms with Crippen molar-refractivity contribution < 1.29 is 13.2 Å². The van der Waals surface area contributed by atoms with Crippen molar-refractivity contribution in [2.75, 3.05) is 11.0 Å². The highest BCUT2D eigenvalue weighted by molar-refractivity contribution is 7.92. The number of carbonyl (C=O) groups excluding carboxylic acids is 1. The molecule has 0 aliphatic heterocycles. The molecule has 134 valence electrons. The largest absolute Gasteiger partial charge is 0.345 e. The van der Waals surface area contributed by atoms with Gasteiger partial charge in [-0.3, -0.25) is 9.52 Å². The van der Waals surface area contributed by atoms with Crippen molar-refractivity contribution in [2.24, 2.45) is 7.05 Å². The average Bonchev–Trinajstić information content (AvgIpc) is 2.96. The van der Waals surface area contributed by atoms with E-state index in [4.69, 9.17) is 0 Å². The van der Waals surface area contributed by atoms with Gasteiger partial charge < -0.3 is 4.57 Å². The van der Waals surface area contributed by atoms with Gasteiger partial charge in [0.25, 0.3) is 0 Å². The molecule has 0 aliphatic rings. The van der Waals surface area contributed by atoms with Gasteiger partial charge in [-0.05, 0) is 29.8 Å². The number of nitrogens with one attached hydrogen (secondary N) is 1. The summed E-state index contributed by atoms with van der Waals surface area (Å²) in [5, 5.41) is 0. The molecule has 0 fully saturated rings. The molecule has 1 N–H and O–H groups in total. The number of aromatic nitrogens is 1. The number of nitrogens with zero attached hydrogens (tertiary/aromatic N) is 1. The minimum absolute atomic E-state index is 0.00736. The molecule has 26 heavy (non-hydrogen) atoms. The Morgan fingerprint density at radius 1 is 0.962 bits per heavy atom. The number of hydrogen-bond donors (Lipinski definition) is 1. The molecule has 0 radical (unpaired) electrons. The molecule has 1 aromatic heterocycles. The molecule has 0 aliphatic carbocycles. The molecule has 0 unspecified atom stereocenters. The van der Waals surface area contributed by atoms with Gasteiger partial charge in [0.05, 0.1) is 11.9 Å². The molecule has 3 aromatic rings. The van der Waals surface area contributed by atoms with Crippen molar-refractivity contribution in [3.05, 3.63) is 89.2 Å². The van der Waals surface area contributed by atoms with Crippen LogP contribution in [0.5, 0.6) is 0 Å². The van der Waals surface area contributed by atoms with Crippen LogP contribution in [0.2, 0.25) is 0 Å². The summed E-state index contributed by atoms with van der Waals surface area (Å²) < 4.78 is 26.9. The van der Waals surface area contributed by atoms with Gasteiger partial charge in [-0.25, -0.2) is 8.42 Å². The first-order valence-electron chi connectivity index (χ1n) is 8.14. The Kier molecular flexibility index (Phi) is 4.95. The molecule has 3 rings (SSSR count). The lowest BCUT2D eigenvalue weighted by atomic mass is 10.1. The van der Waals surface area contributed by atoms with Crippen molar-refractivity contribution in [3.63, 3.8) is 0 Å². The fourth-order valence-electron chi connectivity index (χ4n) is 2.81. The van der Waals surface area contributed by atoms with Crippen molar-refractivity contribution in [2.45, 2.75) is 6.42 Å². The summed E-state index contributed by atoms with van der Waals surface area (Å²) in [6, 6.07) is 20.2. The van der Waals surface area contributed by atoms with Gasteiger partial charge in [-0.2, -0.15) is 0 Å². The van der Waals surface area contributed by atoms with Crippen molar-refractivity contribution >= 4 is 21.5 Å². The lowest BCUT2D eigenvalue weighted by Gasteiger charge is -2.09. The van der Waals surface area contributed by atoms with Gasteiger partial charge in [0.1, 0.15) is 0 Å². The Balaban J connectivity index is 1.77. The Bertz CT molecular complexity index is 1020. The van der Waals surface area contributed by atoms with Crippen LogP contribution in [0.1, 0.15) is 27.3 Å². The Hall–Kier alpha value is -2.86. The maximum absolute atomic E-state index is 12.6. The molecule has 2 aromatic carbocycles. The van der Waals surface area contributed by atoms with Gasteiger partial charge in [0.15, 0.2) is 0 Å². The van der Waals surface area contributed by atoms with Crippen LogP contribution in [0.25, 0.3) is 0 Å². The molecule has 0 saturated carbocycles. The summed E-state index contributed by atoms with van der Waals surface area (Å²) in [6.45, 7) is 0. The highest BCUT2D eigenvalue weighted by Crippen LogP contribution is 2.18. The number of rotatable bonds is 6. The maximum Gasteiger partial charge on any atom is 0.229 e. The summed E-state index contributed by atoms with van der Waals surface area (Å²) in [4.78, 5) is 12.6. The van der Waals surface area contributed by atoms with E-state index in [-0.39, 0.29) is 5.78 Å². The van der Waals surface area contributed by atoms with E-state index in [0.717, 1.165) is 17.5 Å². The van der Waals surface area contributed by atoms with E-state index in [2.05, 4.69) is 4.72 Å². The van der Waals surface area contributed by atoms with Crippen LogP contribution in [-0.2, 0) is 23.5 Å². The molecule has 6 heteroatoms. The van der Waals surface area contributed by atoms with Gasteiger partial charge >= 0.3 is 0 Å². The number of anilines is 1. The summed E-state index contributed by atoms with van der Waals surface area (Å²) >= 11 is 0. The lowest BCUT2D eigenvalue weighted by Crippen LogP contribution is -2.10. The highest BCUT2D eigenvalue weighted by Gasteiger charge is 2.14. The zero-order valence-electron chi connectivity index (χ0n) is 14.6. The minimum atomic E-state index is -3.28. The fraction of sp³-hybridized carbons (Fsp3) is 0.150. The second-order valence-electron chi connectivity index (χ2n) is 6.21. The number of hydrogen-bond acceptors (Lipinski definition) is 3. The van der Waals surface area contributed by atoms with Gasteiger partial charge in [0, 0.05) is 30.4 Å². The Labute approximate surface area is 153 Å². The molecular weight excluding hydrogens is 348 g/mol. The van der Waals surface area contributed by atoms with E-state index in [0.29, 0.717) is 23.4 Å². The molecule has 0 saturated heterocycles. The molecular formula is C20H20N2O3S. The second kappa shape index (κ2) is 7.17. The first-order valence-corrected chi connectivity index (χ1v) is 10.0. The van der Waals surface area contributed by atoms with E-state index in [1.54, 1.807) is 12.1 Å². The Morgan fingerprint density at radius 2 is 1.62 bits per heavy atom. The van der Waals surface area contributed by atoms with Gasteiger partial charge in [0.2, 0.25) is 15.8 Å². The number of benzene rings is 2. The minimum Gasteiger partial charge on any atom is -0.345 e. The molecule has 5 nitrogen and oxygen atoms in total. The van der Waals surface area contributed by atoms with E-state index >= 15 is 0 Å². The zero-order valence-corrected chi connectivity index (χ0v) is 15.5. The van der Waals surface area contributed by atoms with Crippen molar-refractivity contribution in [1.29, 1.82) is 0 Å². The summed E-state index contributed by atoms with van der Waals surface area (Å²) in [5.74, 6) is -0.00736. The van der Waals surface area contributed by atoms with Crippen LogP contribution in [0.3, 0.4) is 0 Å². The monoisotopic (exact) mass is 368 g/mol. The SMILES string of the molecule is Cn1c(Cc2ccc(NS(C)(=O)=O)cc2)ccc1C(=O)c1ccccc1. The van der Waals surface area contributed by atoms with Gasteiger partial charge in [-0.15, -0.1) is 0 Å². The fourth-order valence-corrected chi connectivity index (χ4v) is 3.37. The van der Waals surface area contributed by atoms with Crippen LogP contribution in [-0.4, -0.2) is 25.0 Å². The average molecular weight is 368 g/mol. The van der Waals surface area contributed by atoms with Crippen LogP contribution in [0.15, 0.2) is 66.7 Å². The third-order valence-electron chi connectivity index (χ3n) is 4.14. The third kappa shape index (κ3) is 4.21. The topological polar surface area (TPSA) is 68.2 Å². The predicted octanol–water partition coefficient (Wildman–Crippen LogP) is 3.22. The first kappa shape index (κ1) is 17.9. The summed E-state index contributed by atoms with van der Waals surface area (Å²) in [5.41, 5.74) is 3.87. The van der Waals surface area contributed by atoms with Crippen molar-refractivity contribution in [3.8, 4) is 0 Å².